The average molecular weight is 483 g/mol. The minimum atomic E-state index is -3.00. The van der Waals surface area contributed by atoms with Crippen molar-refractivity contribution in [2.75, 3.05) is 0 Å². The van der Waals surface area contributed by atoms with E-state index in [9.17, 15) is 22.7 Å². The first-order valence-electron chi connectivity index (χ1n) is 10.9. The van der Waals surface area contributed by atoms with Crippen molar-refractivity contribution in [3.8, 4) is 22.8 Å². The minimum absolute atomic E-state index is 0.0466. The highest BCUT2D eigenvalue weighted by atomic mass is 19.3. The van der Waals surface area contributed by atoms with E-state index in [2.05, 4.69) is 25.1 Å². The van der Waals surface area contributed by atoms with Gasteiger partial charge in [-0.2, -0.15) is 5.10 Å². The van der Waals surface area contributed by atoms with Crippen molar-refractivity contribution >= 4 is 0 Å². The lowest BCUT2D eigenvalue weighted by Crippen LogP contribution is -2.26. The first-order valence-corrected chi connectivity index (χ1v) is 10.9. The summed E-state index contributed by atoms with van der Waals surface area (Å²) in [7, 11) is 0. The fraction of sp³-hybridized carbons (Fsp3) is 0.292. The number of aliphatic hydroxyl groups is 1. The topological polar surface area (TPSA) is 97.8 Å². The standard InChI is InChI=1S/C24H17F4N5O2/c25-13-2-1-3-14(26)19(13)15-6-12-11-4-5-24(7-11,21(12)33-32-15)18-9-29-8-16(30-18)23-31-17(10-35-23)20(34)22(27)28/h1-3,6,8-11,20,22,34H,4-5,7H2/t11-,20-,24+/m1/s1. The molecule has 1 fully saturated rings. The van der Waals surface area contributed by atoms with Gasteiger partial charge in [0.1, 0.15) is 29.3 Å². The average Bonchev–Trinajstić information content (AvgIpc) is 3.59. The minimum Gasteiger partial charge on any atom is -0.443 e. The maximum absolute atomic E-state index is 14.3. The first-order chi connectivity index (χ1) is 16.9. The zero-order valence-corrected chi connectivity index (χ0v) is 18.0. The molecule has 0 unspecified atom stereocenters. The van der Waals surface area contributed by atoms with Crippen LogP contribution in [-0.4, -0.2) is 36.7 Å². The lowest BCUT2D eigenvalue weighted by atomic mass is 9.80. The zero-order valence-electron chi connectivity index (χ0n) is 18.0. The zero-order chi connectivity index (χ0) is 24.3. The molecule has 0 saturated heterocycles. The number of hydrogen-bond donors (Lipinski definition) is 1. The van der Waals surface area contributed by atoms with Crippen molar-refractivity contribution in [1.82, 2.24) is 25.1 Å². The van der Waals surface area contributed by atoms with Gasteiger partial charge >= 0.3 is 0 Å². The summed E-state index contributed by atoms with van der Waals surface area (Å²) in [5.74, 6) is -1.35. The van der Waals surface area contributed by atoms with Crippen molar-refractivity contribution in [3.05, 3.63) is 77.2 Å². The SMILES string of the molecule is O[C@H](c1coc(-c2cncc([C@]34CC[C@H](C3)c3cc(-c5c(F)cccc5F)nnc34)n2)n1)C(F)F. The summed E-state index contributed by atoms with van der Waals surface area (Å²) in [6, 6.07) is 5.34. The van der Waals surface area contributed by atoms with Crippen LogP contribution in [0.1, 0.15) is 53.9 Å². The highest BCUT2D eigenvalue weighted by Gasteiger charge is 2.53. The molecule has 0 spiro atoms. The van der Waals surface area contributed by atoms with Gasteiger partial charge < -0.3 is 9.52 Å². The van der Waals surface area contributed by atoms with Crippen molar-refractivity contribution in [2.24, 2.45) is 0 Å². The van der Waals surface area contributed by atoms with Crippen LogP contribution < -0.4 is 0 Å². The Bertz CT molecular complexity index is 1420. The van der Waals surface area contributed by atoms with E-state index in [0.29, 0.717) is 17.8 Å². The molecule has 2 aliphatic rings. The van der Waals surface area contributed by atoms with Gasteiger partial charge in [-0.1, -0.05) is 6.07 Å². The number of nitrogens with zero attached hydrogens (tertiary/aromatic N) is 5. The Hall–Kier alpha value is -3.73. The molecule has 35 heavy (non-hydrogen) atoms. The van der Waals surface area contributed by atoms with Gasteiger partial charge in [-0.25, -0.2) is 27.5 Å². The predicted molar refractivity (Wildman–Crippen MR) is 113 cm³/mol. The lowest BCUT2D eigenvalue weighted by Gasteiger charge is -2.26. The number of aliphatic hydroxyl groups excluding tert-OH is 1. The summed E-state index contributed by atoms with van der Waals surface area (Å²) < 4.78 is 59.5. The number of benzene rings is 1. The molecular formula is C24H17F4N5O2. The second-order valence-electron chi connectivity index (χ2n) is 8.80. The van der Waals surface area contributed by atoms with E-state index >= 15 is 0 Å². The van der Waals surface area contributed by atoms with E-state index in [1.54, 1.807) is 12.3 Å². The molecule has 4 aromatic rings. The molecule has 0 aliphatic heterocycles. The number of aromatic nitrogens is 5. The molecule has 1 N–H and O–H groups in total. The fourth-order valence-corrected chi connectivity index (χ4v) is 5.20. The Kier molecular flexibility index (Phi) is 4.92. The molecule has 2 bridgehead atoms. The van der Waals surface area contributed by atoms with Gasteiger partial charge in [0, 0.05) is 6.20 Å². The molecule has 3 atom stereocenters. The quantitative estimate of drug-likeness (QED) is 0.410. The molecule has 1 saturated carbocycles. The molecule has 3 heterocycles. The monoisotopic (exact) mass is 483 g/mol. The van der Waals surface area contributed by atoms with Gasteiger partial charge in [0.2, 0.25) is 5.89 Å². The van der Waals surface area contributed by atoms with Crippen LogP contribution in [0.2, 0.25) is 0 Å². The van der Waals surface area contributed by atoms with Crippen molar-refractivity contribution < 1.29 is 27.1 Å². The van der Waals surface area contributed by atoms with Crippen LogP contribution >= 0.6 is 0 Å². The van der Waals surface area contributed by atoms with Gasteiger partial charge in [-0.05, 0) is 48.9 Å². The van der Waals surface area contributed by atoms with E-state index in [1.165, 1.54) is 24.4 Å². The van der Waals surface area contributed by atoms with Crippen LogP contribution in [0.5, 0.6) is 0 Å². The number of fused-ring (bicyclic) bond motifs is 5. The van der Waals surface area contributed by atoms with Gasteiger partial charge in [0.05, 0.1) is 34.3 Å². The Balaban J connectivity index is 1.39. The summed E-state index contributed by atoms with van der Waals surface area (Å²) >= 11 is 0. The summed E-state index contributed by atoms with van der Waals surface area (Å²) in [6.45, 7) is 0. The summed E-state index contributed by atoms with van der Waals surface area (Å²) in [4.78, 5) is 12.8. The van der Waals surface area contributed by atoms with Crippen LogP contribution in [0.4, 0.5) is 17.6 Å². The highest BCUT2D eigenvalue weighted by Crippen LogP contribution is 2.59. The number of alkyl halides is 2. The molecule has 1 aromatic carbocycles. The largest absolute Gasteiger partial charge is 0.443 e. The molecule has 6 rings (SSSR count). The molecule has 7 nitrogen and oxygen atoms in total. The van der Waals surface area contributed by atoms with Crippen LogP contribution in [0.25, 0.3) is 22.8 Å². The summed E-state index contributed by atoms with van der Waals surface area (Å²) in [5.41, 5.74) is 1.38. The highest BCUT2D eigenvalue weighted by molar-refractivity contribution is 5.63. The van der Waals surface area contributed by atoms with Crippen LogP contribution in [-0.2, 0) is 5.41 Å². The maximum atomic E-state index is 14.3. The third kappa shape index (κ3) is 3.33. The maximum Gasteiger partial charge on any atom is 0.269 e. The van der Waals surface area contributed by atoms with Crippen LogP contribution in [0, 0.1) is 11.6 Å². The van der Waals surface area contributed by atoms with Crippen molar-refractivity contribution in [1.29, 1.82) is 0 Å². The second kappa shape index (κ2) is 7.91. The third-order valence-electron chi connectivity index (χ3n) is 6.86. The van der Waals surface area contributed by atoms with Crippen LogP contribution in [0.15, 0.2) is 47.3 Å². The van der Waals surface area contributed by atoms with E-state index in [4.69, 9.17) is 4.42 Å². The van der Waals surface area contributed by atoms with E-state index < -0.39 is 29.6 Å². The molecule has 178 valence electrons. The Morgan fingerprint density at radius 2 is 1.86 bits per heavy atom. The number of halogens is 4. The van der Waals surface area contributed by atoms with Gasteiger partial charge in [-0.15, -0.1) is 5.10 Å². The fourth-order valence-electron chi connectivity index (χ4n) is 5.20. The third-order valence-corrected chi connectivity index (χ3v) is 6.86. The molecule has 11 heteroatoms. The van der Waals surface area contributed by atoms with Crippen molar-refractivity contribution in [3.63, 3.8) is 0 Å². The molecule has 0 radical (unpaired) electrons. The molecule has 0 amide bonds. The smallest absolute Gasteiger partial charge is 0.269 e. The number of hydrogen-bond acceptors (Lipinski definition) is 7. The van der Waals surface area contributed by atoms with Gasteiger partial charge in [0.15, 0.2) is 6.10 Å². The van der Waals surface area contributed by atoms with E-state index in [1.807, 2.05) is 0 Å². The van der Waals surface area contributed by atoms with Gasteiger partial charge in [0.25, 0.3) is 6.43 Å². The van der Waals surface area contributed by atoms with Crippen molar-refractivity contribution in [2.45, 2.75) is 43.1 Å². The van der Waals surface area contributed by atoms with Gasteiger partial charge in [-0.3, -0.25) is 4.98 Å². The summed E-state index contributed by atoms with van der Waals surface area (Å²) in [6.07, 6.45) is 1.12. The van der Waals surface area contributed by atoms with Crippen LogP contribution in [0.3, 0.4) is 0 Å². The first kappa shape index (κ1) is 21.8. The van der Waals surface area contributed by atoms with E-state index in [0.717, 1.165) is 24.7 Å². The van der Waals surface area contributed by atoms with E-state index in [-0.39, 0.29) is 34.5 Å². The normalized spacial score (nSPS) is 21.5. The molecular weight excluding hydrogens is 466 g/mol. The molecule has 3 aromatic heterocycles. The predicted octanol–water partition coefficient (Wildman–Crippen LogP) is 4.73. The molecule has 2 aliphatic carbocycles. The second-order valence-corrected chi connectivity index (χ2v) is 8.80. The Morgan fingerprint density at radius 1 is 1.06 bits per heavy atom. The number of rotatable bonds is 5. The lowest BCUT2D eigenvalue weighted by molar-refractivity contribution is -0.00824. The Morgan fingerprint density at radius 3 is 2.63 bits per heavy atom. The summed E-state index contributed by atoms with van der Waals surface area (Å²) in [5, 5.41) is 18.1. The Labute approximate surface area is 195 Å². The number of oxazole rings is 1.